The van der Waals surface area contributed by atoms with Crippen LogP contribution in [0.3, 0.4) is 0 Å². The third kappa shape index (κ3) is 5.77. The van der Waals surface area contributed by atoms with E-state index in [-0.39, 0.29) is 5.92 Å². The molecule has 0 aromatic heterocycles. The molecule has 0 spiro atoms. The van der Waals surface area contributed by atoms with E-state index in [1.807, 2.05) is 20.2 Å². The van der Waals surface area contributed by atoms with Crippen LogP contribution in [-0.4, -0.2) is 32.1 Å². The highest BCUT2D eigenvalue weighted by Gasteiger charge is 2.33. The Balaban J connectivity index is 0.000000816. The quantitative estimate of drug-likeness (QED) is 0.696. The van der Waals surface area contributed by atoms with Crippen LogP contribution < -0.4 is 0 Å². The van der Waals surface area contributed by atoms with Crippen molar-refractivity contribution in [2.24, 2.45) is 0 Å². The van der Waals surface area contributed by atoms with Gasteiger partial charge in [0.05, 0.1) is 12.7 Å². The minimum absolute atomic E-state index is 0.248. The predicted octanol–water partition coefficient (Wildman–Crippen LogP) is 5.12. The highest BCUT2D eigenvalue weighted by Crippen LogP contribution is 2.38. The predicted molar refractivity (Wildman–Crippen MR) is 83.0 cm³/mol. The van der Waals surface area contributed by atoms with Gasteiger partial charge in [0, 0.05) is 6.04 Å². The van der Waals surface area contributed by atoms with E-state index in [9.17, 15) is 17.7 Å². The van der Waals surface area contributed by atoms with E-state index in [2.05, 4.69) is 9.84 Å². The molecule has 23 heavy (non-hydrogen) atoms. The number of alkyl halides is 3. The summed E-state index contributed by atoms with van der Waals surface area (Å²) in [5.41, 5.74) is 0.665. The molecule has 0 N–H and O–H groups in total. The molecule has 0 heterocycles. The van der Waals surface area contributed by atoms with Crippen molar-refractivity contribution >= 4 is 0 Å². The van der Waals surface area contributed by atoms with E-state index in [1.165, 1.54) is 13.0 Å². The summed E-state index contributed by atoms with van der Waals surface area (Å²) < 4.78 is 48.8. The first-order valence-corrected chi connectivity index (χ1v) is 7.69. The van der Waals surface area contributed by atoms with Gasteiger partial charge < -0.3 is 4.90 Å². The fourth-order valence-corrected chi connectivity index (χ4v) is 3.13. The van der Waals surface area contributed by atoms with Crippen molar-refractivity contribution in [2.45, 2.75) is 50.7 Å². The van der Waals surface area contributed by atoms with E-state index >= 15 is 0 Å². The Bertz CT molecular complexity index is 488. The Labute approximate surface area is 135 Å². The average Bonchev–Trinajstić information content (AvgIpc) is 2.47. The van der Waals surface area contributed by atoms with Gasteiger partial charge >= 0.3 is 6.18 Å². The maximum Gasteiger partial charge on any atom is 0.416 e. The molecule has 1 aromatic rings. The van der Waals surface area contributed by atoms with Gasteiger partial charge in [-0.1, -0.05) is 18.6 Å². The summed E-state index contributed by atoms with van der Waals surface area (Å²) in [6.07, 6.45) is -0.0853. The second kappa shape index (κ2) is 8.64. The monoisotopic (exact) mass is 335 g/mol. The normalized spacial score (nSPS) is 21.8. The largest absolute Gasteiger partial charge is 0.416 e. The van der Waals surface area contributed by atoms with Gasteiger partial charge in [-0.05, 0) is 67.9 Å². The lowest BCUT2D eigenvalue weighted by Gasteiger charge is -2.34. The molecular formula is C17H25F4NO. The molecule has 2 unspecified atom stereocenters. The van der Waals surface area contributed by atoms with Crippen LogP contribution in [-0.2, 0) is 11.1 Å². The molecular weight excluding hydrogens is 310 g/mol. The lowest BCUT2D eigenvalue weighted by Crippen LogP contribution is -2.32. The van der Waals surface area contributed by atoms with Gasteiger partial charge in [-0.2, -0.15) is 18.1 Å². The van der Waals surface area contributed by atoms with Crippen LogP contribution in [0.25, 0.3) is 0 Å². The topological polar surface area (TPSA) is 12.5 Å². The van der Waals surface area contributed by atoms with Gasteiger partial charge in [0.15, 0.2) is 0 Å². The third-order valence-corrected chi connectivity index (χ3v) is 4.42. The fraction of sp³-hybridized carbons (Fsp3) is 0.647. The zero-order valence-electron chi connectivity index (χ0n) is 14.1. The maximum absolute atomic E-state index is 13.0. The summed E-state index contributed by atoms with van der Waals surface area (Å²) in [7, 11) is 5.05. The molecule has 1 aromatic carbocycles. The number of rotatable bonds is 2. The van der Waals surface area contributed by atoms with Crippen LogP contribution in [0.5, 0.6) is 0 Å². The molecule has 0 radical (unpaired) electrons. The molecule has 0 aliphatic heterocycles. The minimum Gasteiger partial charge on any atom is -0.306 e. The van der Waals surface area contributed by atoms with Crippen molar-refractivity contribution in [2.75, 3.05) is 21.2 Å². The number of aryl methyl sites for hydroxylation is 1. The highest BCUT2D eigenvalue weighted by atomic mass is 19.4. The van der Waals surface area contributed by atoms with Crippen molar-refractivity contribution in [3.8, 4) is 0 Å². The third-order valence-electron chi connectivity index (χ3n) is 4.42. The number of benzene rings is 1. The summed E-state index contributed by atoms with van der Waals surface area (Å²) in [5.74, 6) is 0.248. The Kier molecular flexibility index (Phi) is 7.48. The Morgan fingerprint density at radius 3 is 2.30 bits per heavy atom. The summed E-state index contributed by atoms with van der Waals surface area (Å²) in [4.78, 5) is 4.94. The number of halogens is 4. The van der Waals surface area contributed by atoms with Crippen molar-refractivity contribution in [1.82, 2.24) is 4.90 Å². The number of hydrogen-bond acceptors (Lipinski definition) is 2. The van der Waals surface area contributed by atoms with E-state index in [0.717, 1.165) is 38.4 Å². The maximum atomic E-state index is 13.0. The van der Waals surface area contributed by atoms with Gasteiger partial charge in [0.2, 0.25) is 0 Å². The molecule has 2 atom stereocenters. The van der Waals surface area contributed by atoms with E-state index < -0.39 is 11.7 Å². The van der Waals surface area contributed by atoms with E-state index in [1.54, 1.807) is 6.07 Å². The summed E-state index contributed by atoms with van der Waals surface area (Å²) in [6.45, 7) is 1.52. The van der Waals surface area contributed by atoms with Gasteiger partial charge in [0.25, 0.3) is 0 Å². The van der Waals surface area contributed by atoms with Crippen molar-refractivity contribution in [3.63, 3.8) is 0 Å². The van der Waals surface area contributed by atoms with Crippen LogP contribution in [0.1, 0.15) is 48.3 Å². The Morgan fingerprint density at radius 2 is 1.78 bits per heavy atom. The van der Waals surface area contributed by atoms with Crippen molar-refractivity contribution in [1.29, 1.82) is 0 Å². The number of hydrogen-bond donors (Lipinski definition) is 0. The second-order valence-electron chi connectivity index (χ2n) is 6.21. The molecule has 1 aliphatic carbocycles. The smallest absolute Gasteiger partial charge is 0.306 e. The molecule has 0 amide bonds. The van der Waals surface area contributed by atoms with Crippen LogP contribution >= 0.6 is 0 Å². The molecule has 6 heteroatoms. The van der Waals surface area contributed by atoms with E-state index in [0.29, 0.717) is 11.6 Å². The lowest BCUT2D eigenvalue weighted by atomic mass is 9.80. The first-order chi connectivity index (χ1) is 10.7. The molecule has 2 rings (SSSR count). The average molecular weight is 335 g/mol. The number of nitrogens with zero attached hydrogens (tertiary/aromatic N) is 1. The van der Waals surface area contributed by atoms with Crippen LogP contribution in [0.2, 0.25) is 0 Å². The van der Waals surface area contributed by atoms with Crippen molar-refractivity contribution < 1.29 is 22.6 Å². The fourth-order valence-electron chi connectivity index (χ4n) is 3.13. The summed E-state index contributed by atoms with van der Waals surface area (Å²) in [6, 6.07) is 5.31. The molecule has 1 saturated carbocycles. The molecule has 2 nitrogen and oxygen atoms in total. The summed E-state index contributed by atoms with van der Waals surface area (Å²) >= 11 is 0. The zero-order chi connectivity index (χ0) is 17.6. The second-order valence-corrected chi connectivity index (χ2v) is 6.21. The lowest BCUT2D eigenvalue weighted by molar-refractivity contribution is -0.138. The SMILES string of the molecule is COF.Cc1ccc(C2CCCC(N(C)C)C2)cc1C(F)(F)F. The van der Waals surface area contributed by atoms with Gasteiger partial charge in [0.1, 0.15) is 0 Å². The summed E-state index contributed by atoms with van der Waals surface area (Å²) in [5, 5.41) is 0. The molecule has 0 bridgehead atoms. The van der Waals surface area contributed by atoms with Gasteiger partial charge in [-0.15, -0.1) is 0 Å². The molecule has 1 aliphatic rings. The first kappa shape index (κ1) is 19.9. The van der Waals surface area contributed by atoms with Crippen LogP contribution in [0, 0.1) is 6.92 Å². The Morgan fingerprint density at radius 1 is 1.17 bits per heavy atom. The van der Waals surface area contributed by atoms with E-state index in [4.69, 9.17) is 0 Å². The standard InChI is InChI=1S/C16H22F3N.CH3FO/c1-11-7-8-13(10-15(11)16(17,18)19)12-5-4-6-14(9-12)20(2)3;1-3-2/h7-8,10,12,14H,4-6,9H2,1-3H3;1H3. The minimum atomic E-state index is -4.25. The molecule has 0 saturated heterocycles. The first-order valence-electron chi connectivity index (χ1n) is 7.69. The van der Waals surface area contributed by atoms with Gasteiger partial charge in [-0.25, -0.2) is 0 Å². The van der Waals surface area contributed by atoms with Gasteiger partial charge in [-0.3, -0.25) is 0 Å². The zero-order valence-corrected chi connectivity index (χ0v) is 14.1. The van der Waals surface area contributed by atoms with Crippen LogP contribution in [0.4, 0.5) is 17.7 Å². The van der Waals surface area contributed by atoms with Crippen LogP contribution in [0.15, 0.2) is 18.2 Å². The Hall–Kier alpha value is -1.14. The highest BCUT2D eigenvalue weighted by molar-refractivity contribution is 5.35. The molecule has 132 valence electrons. The van der Waals surface area contributed by atoms with Crippen molar-refractivity contribution in [3.05, 3.63) is 34.9 Å². The molecule has 1 fully saturated rings.